The van der Waals surface area contributed by atoms with E-state index in [0.717, 1.165) is 29.1 Å². The first-order valence-electron chi connectivity index (χ1n) is 9.67. The van der Waals surface area contributed by atoms with Crippen LogP contribution in [0.4, 0.5) is 0 Å². The lowest BCUT2D eigenvalue weighted by Crippen LogP contribution is -2.35. The van der Waals surface area contributed by atoms with Gasteiger partial charge in [-0.25, -0.2) is 0 Å². The van der Waals surface area contributed by atoms with Gasteiger partial charge in [-0.3, -0.25) is 0 Å². The van der Waals surface area contributed by atoms with Gasteiger partial charge in [0, 0.05) is 0 Å². The van der Waals surface area contributed by atoms with Crippen molar-refractivity contribution in [1.29, 1.82) is 0 Å². The zero-order chi connectivity index (χ0) is 14.0. The van der Waals surface area contributed by atoms with Crippen molar-refractivity contribution in [2.24, 2.45) is 29.1 Å². The van der Waals surface area contributed by atoms with Crippen LogP contribution in [0.3, 0.4) is 0 Å². The molecule has 20 heavy (non-hydrogen) atoms. The van der Waals surface area contributed by atoms with Crippen LogP contribution in [0.25, 0.3) is 0 Å². The molecule has 0 spiro atoms. The van der Waals surface area contributed by atoms with E-state index in [1.807, 2.05) is 0 Å². The zero-order valence-corrected chi connectivity index (χ0v) is 14.0. The summed E-state index contributed by atoms with van der Waals surface area (Å²) in [6.07, 6.45) is 20.0. The van der Waals surface area contributed by atoms with Crippen LogP contribution >= 0.6 is 0 Å². The first-order valence-corrected chi connectivity index (χ1v) is 9.67. The number of hydrogen-bond donors (Lipinski definition) is 0. The molecule has 0 N–H and O–H groups in total. The third-order valence-corrected chi connectivity index (χ3v) is 7.49. The van der Waals surface area contributed by atoms with Crippen molar-refractivity contribution in [3.63, 3.8) is 0 Å². The maximum Gasteiger partial charge on any atom is -0.0297 e. The smallest absolute Gasteiger partial charge is 0.0297 e. The van der Waals surface area contributed by atoms with E-state index in [0.29, 0.717) is 0 Å². The minimum Gasteiger partial charge on any atom is -0.0625 e. The van der Waals surface area contributed by atoms with Gasteiger partial charge in [-0.1, -0.05) is 46.0 Å². The van der Waals surface area contributed by atoms with Gasteiger partial charge in [-0.15, -0.1) is 0 Å². The van der Waals surface area contributed by atoms with Crippen LogP contribution in [0, 0.1) is 29.1 Å². The van der Waals surface area contributed by atoms with Gasteiger partial charge < -0.3 is 0 Å². The summed E-state index contributed by atoms with van der Waals surface area (Å²) in [5, 5.41) is 0. The largest absolute Gasteiger partial charge is 0.0625 e. The predicted molar refractivity (Wildman–Crippen MR) is 87.8 cm³/mol. The molecular formula is C20H36. The third kappa shape index (κ3) is 3.25. The summed E-state index contributed by atoms with van der Waals surface area (Å²) >= 11 is 0. The zero-order valence-electron chi connectivity index (χ0n) is 14.0. The van der Waals surface area contributed by atoms with E-state index in [4.69, 9.17) is 0 Å². The Kier molecular flexibility index (Phi) is 4.78. The molecule has 0 heteroatoms. The number of hydrogen-bond acceptors (Lipinski definition) is 0. The SMILES string of the molecule is CC1CCC(C2CCC(C)(C3CCCCC3)CC2)CC1. The molecule has 116 valence electrons. The van der Waals surface area contributed by atoms with Gasteiger partial charge in [0.25, 0.3) is 0 Å². The van der Waals surface area contributed by atoms with E-state index >= 15 is 0 Å². The summed E-state index contributed by atoms with van der Waals surface area (Å²) in [4.78, 5) is 0. The quantitative estimate of drug-likeness (QED) is 0.533. The molecule has 0 nitrogen and oxygen atoms in total. The summed E-state index contributed by atoms with van der Waals surface area (Å²) in [6.45, 7) is 5.10. The monoisotopic (exact) mass is 276 g/mol. The summed E-state index contributed by atoms with van der Waals surface area (Å²) < 4.78 is 0. The molecule has 0 unspecified atom stereocenters. The Morgan fingerprint density at radius 2 is 1.20 bits per heavy atom. The first kappa shape index (κ1) is 14.9. The van der Waals surface area contributed by atoms with E-state index in [2.05, 4.69) is 13.8 Å². The predicted octanol–water partition coefficient (Wildman–Crippen LogP) is 6.59. The topological polar surface area (TPSA) is 0 Å². The van der Waals surface area contributed by atoms with Crippen molar-refractivity contribution in [1.82, 2.24) is 0 Å². The van der Waals surface area contributed by atoms with Crippen molar-refractivity contribution in [3.8, 4) is 0 Å². The van der Waals surface area contributed by atoms with E-state index in [9.17, 15) is 0 Å². The van der Waals surface area contributed by atoms with Gasteiger partial charge >= 0.3 is 0 Å². The van der Waals surface area contributed by atoms with Crippen molar-refractivity contribution in [2.75, 3.05) is 0 Å². The number of rotatable bonds is 2. The van der Waals surface area contributed by atoms with Crippen LogP contribution in [-0.4, -0.2) is 0 Å². The highest BCUT2D eigenvalue weighted by atomic mass is 14.4. The molecule has 3 fully saturated rings. The molecule has 3 rings (SSSR count). The van der Waals surface area contributed by atoms with Crippen molar-refractivity contribution in [3.05, 3.63) is 0 Å². The fraction of sp³-hybridized carbons (Fsp3) is 1.00. The lowest BCUT2D eigenvalue weighted by Gasteiger charge is -2.47. The maximum atomic E-state index is 2.64. The maximum absolute atomic E-state index is 2.64. The van der Waals surface area contributed by atoms with Gasteiger partial charge in [0.05, 0.1) is 0 Å². The second kappa shape index (κ2) is 6.41. The lowest BCUT2D eigenvalue weighted by atomic mass is 9.59. The lowest BCUT2D eigenvalue weighted by molar-refractivity contribution is 0.0433. The molecular weight excluding hydrogens is 240 g/mol. The third-order valence-electron chi connectivity index (χ3n) is 7.49. The first-order chi connectivity index (χ1) is 9.67. The molecule has 3 saturated carbocycles. The van der Waals surface area contributed by atoms with Crippen molar-refractivity contribution >= 4 is 0 Å². The Hall–Kier alpha value is 0. The second-order valence-corrected chi connectivity index (χ2v) is 8.85. The summed E-state index contributed by atoms with van der Waals surface area (Å²) in [5.74, 6) is 4.28. The van der Waals surface area contributed by atoms with Crippen molar-refractivity contribution in [2.45, 2.75) is 97.3 Å². The Morgan fingerprint density at radius 3 is 1.80 bits per heavy atom. The average molecular weight is 277 g/mol. The molecule has 0 aliphatic heterocycles. The Balaban J connectivity index is 1.51. The summed E-state index contributed by atoms with van der Waals surface area (Å²) in [5.41, 5.74) is 0.721. The Bertz CT molecular complexity index is 283. The summed E-state index contributed by atoms with van der Waals surface area (Å²) in [6, 6.07) is 0. The van der Waals surface area contributed by atoms with Crippen LogP contribution in [-0.2, 0) is 0 Å². The highest BCUT2D eigenvalue weighted by molar-refractivity contribution is 4.91. The molecule has 0 bridgehead atoms. The van der Waals surface area contributed by atoms with E-state index < -0.39 is 0 Å². The molecule has 0 saturated heterocycles. The molecule has 0 amide bonds. The fourth-order valence-electron chi connectivity index (χ4n) is 5.74. The molecule has 3 aliphatic rings. The Morgan fingerprint density at radius 1 is 0.650 bits per heavy atom. The van der Waals surface area contributed by atoms with Crippen LogP contribution < -0.4 is 0 Å². The van der Waals surface area contributed by atoms with Crippen LogP contribution in [0.1, 0.15) is 97.3 Å². The van der Waals surface area contributed by atoms with E-state index in [1.165, 1.54) is 32.1 Å². The van der Waals surface area contributed by atoms with E-state index in [-0.39, 0.29) is 0 Å². The Labute approximate surface area is 127 Å². The normalized spacial score (nSPS) is 44.4. The highest BCUT2D eigenvalue weighted by Gasteiger charge is 2.40. The summed E-state index contributed by atoms with van der Waals surface area (Å²) in [7, 11) is 0. The van der Waals surface area contributed by atoms with Gasteiger partial charge in [-0.05, 0) is 80.5 Å². The van der Waals surface area contributed by atoms with Gasteiger partial charge in [0.1, 0.15) is 0 Å². The van der Waals surface area contributed by atoms with Crippen LogP contribution in [0.2, 0.25) is 0 Å². The fourth-order valence-corrected chi connectivity index (χ4v) is 5.74. The van der Waals surface area contributed by atoms with Crippen LogP contribution in [0.15, 0.2) is 0 Å². The van der Waals surface area contributed by atoms with E-state index in [1.54, 1.807) is 51.4 Å². The molecule has 0 atom stereocenters. The minimum absolute atomic E-state index is 0.721. The molecule has 0 aromatic heterocycles. The molecule has 0 radical (unpaired) electrons. The van der Waals surface area contributed by atoms with Crippen LogP contribution in [0.5, 0.6) is 0 Å². The molecule has 0 aromatic rings. The molecule has 0 aromatic carbocycles. The van der Waals surface area contributed by atoms with Gasteiger partial charge in [-0.2, -0.15) is 0 Å². The second-order valence-electron chi connectivity index (χ2n) is 8.85. The average Bonchev–Trinajstić information content (AvgIpc) is 2.50. The van der Waals surface area contributed by atoms with Gasteiger partial charge in [0.15, 0.2) is 0 Å². The van der Waals surface area contributed by atoms with Gasteiger partial charge in [0.2, 0.25) is 0 Å². The molecule has 3 aliphatic carbocycles. The van der Waals surface area contributed by atoms with Crippen molar-refractivity contribution < 1.29 is 0 Å². The standard InChI is InChI=1S/C20H36/c1-16-8-10-17(11-9-16)18-12-14-20(2,15-13-18)19-6-4-3-5-7-19/h16-19H,3-15H2,1-2H3. The minimum atomic E-state index is 0.721. The highest BCUT2D eigenvalue weighted by Crippen LogP contribution is 2.51. The molecule has 0 heterocycles.